The van der Waals surface area contributed by atoms with Gasteiger partial charge in [-0.1, -0.05) is 76.2 Å². The number of anilines is 2. The maximum atomic E-state index is 6.18. The van der Waals surface area contributed by atoms with E-state index in [9.17, 15) is 0 Å². The lowest BCUT2D eigenvalue weighted by Crippen LogP contribution is -2.05. The summed E-state index contributed by atoms with van der Waals surface area (Å²) in [4.78, 5) is 8.31. The van der Waals surface area contributed by atoms with Gasteiger partial charge >= 0.3 is 0 Å². The third kappa shape index (κ3) is 4.22. The molecule has 0 aliphatic carbocycles. The molecular weight excluding hydrogens is 344 g/mol. The van der Waals surface area contributed by atoms with Gasteiger partial charge in [-0.3, -0.25) is 0 Å². The summed E-state index contributed by atoms with van der Waals surface area (Å²) >= 11 is 0. The van der Waals surface area contributed by atoms with Crippen LogP contribution in [0.1, 0.15) is 67.3 Å². The van der Waals surface area contributed by atoms with Gasteiger partial charge in [0, 0.05) is 0 Å². The molecule has 0 fully saturated rings. The molecule has 3 rings (SSSR count). The summed E-state index contributed by atoms with van der Waals surface area (Å²) < 4.78 is 0. The van der Waals surface area contributed by atoms with Gasteiger partial charge in [-0.05, 0) is 45.7 Å². The van der Waals surface area contributed by atoms with E-state index < -0.39 is 0 Å². The average molecular weight is 373 g/mol. The normalized spacial score (nSPS) is 12.0. The first-order valence-electron chi connectivity index (χ1n) is 9.65. The molecule has 1 aromatic heterocycles. The highest BCUT2D eigenvalue weighted by Gasteiger charge is 2.15. The Labute approximate surface area is 167 Å². The van der Waals surface area contributed by atoms with Crippen LogP contribution in [0.15, 0.2) is 54.9 Å². The molecule has 4 heteroatoms. The lowest BCUT2D eigenvalue weighted by atomic mass is 9.93. The third-order valence-corrected chi connectivity index (χ3v) is 4.98. The predicted octanol–water partition coefficient (Wildman–Crippen LogP) is 5.48. The van der Waals surface area contributed by atoms with Crippen LogP contribution in [0.3, 0.4) is 0 Å². The fourth-order valence-electron chi connectivity index (χ4n) is 3.18. The lowest BCUT2D eigenvalue weighted by Gasteiger charge is -2.14. The minimum absolute atomic E-state index is 0.380. The molecule has 0 unspecified atom stereocenters. The second kappa shape index (κ2) is 8.26. The number of nitrogens with zero attached hydrogens (tertiary/aromatic N) is 2. The zero-order valence-electron chi connectivity index (χ0n) is 17.0. The Morgan fingerprint density at radius 3 is 1.68 bits per heavy atom. The highest BCUT2D eigenvalue weighted by molar-refractivity contribution is 5.97. The molecule has 0 aliphatic rings. The van der Waals surface area contributed by atoms with Gasteiger partial charge in [0.15, 0.2) is 0 Å². The molecule has 0 radical (unpaired) electrons. The maximum Gasteiger partial charge on any atom is 0.136 e. The number of nitrogens with two attached hydrogens (primary N) is 2. The number of rotatable bonds is 5. The molecule has 144 valence electrons. The van der Waals surface area contributed by atoms with Crippen LogP contribution in [0.2, 0.25) is 0 Å². The summed E-state index contributed by atoms with van der Waals surface area (Å²) in [6.07, 6.45) is 3.49. The SMILES string of the molecule is CC(C)c1ccc(C=C(c2ccc(C(C)C)cc2)c2c(N)ncnc2N)cc1. The number of hydrogen-bond acceptors (Lipinski definition) is 4. The van der Waals surface area contributed by atoms with Crippen molar-refractivity contribution < 1.29 is 0 Å². The largest absolute Gasteiger partial charge is 0.383 e. The van der Waals surface area contributed by atoms with Gasteiger partial charge in [-0.15, -0.1) is 0 Å². The van der Waals surface area contributed by atoms with Gasteiger partial charge in [0.05, 0.1) is 5.56 Å². The van der Waals surface area contributed by atoms with Crippen LogP contribution in [0.5, 0.6) is 0 Å². The smallest absolute Gasteiger partial charge is 0.136 e. The van der Waals surface area contributed by atoms with Crippen molar-refractivity contribution in [2.24, 2.45) is 0 Å². The van der Waals surface area contributed by atoms with Crippen molar-refractivity contribution in [3.63, 3.8) is 0 Å². The fraction of sp³-hybridized carbons (Fsp3) is 0.250. The Morgan fingerprint density at radius 1 is 0.750 bits per heavy atom. The van der Waals surface area contributed by atoms with Crippen LogP contribution in [-0.4, -0.2) is 9.97 Å². The lowest BCUT2D eigenvalue weighted by molar-refractivity contribution is 0.866. The minimum atomic E-state index is 0.380. The van der Waals surface area contributed by atoms with Crippen molar-refractivity contribution in [3.8, 4) is 0 Å². The monoisotopic (exact) mass is 372 g/mol. The number of nitrogen functional groups attached to an aromatic ring is 2. The first-order valence-corrected chi connectivity index (χ1v) is 9.65. The van der Waals surface area contributed by atoms with E-state index in [0.29, 0.717) is 29.0 Å². The van der Waals surface area contributed by atoms with Crippen LogP contribution >= 0.6 is 0 Å². The van der Waals surface area contributed by atoms with Crippen molar-refractivity contribution in [2.75, 3.05) is 11.5 Å². The van der Waals surface area contributed by atoms with E-state index in [1.54, 1.807) is 0 Å². The molecule has 0 saturated heterocycles. The third-order valence-electron chi connectivity index (χ3n) is 4.98. The summed E-state index contributed by atoms with van der Waals surface area (Å²) in [5.41, 5.74) is 18.7. The topological polar surface area (TPSA) is 77.8 Å². The Bertz CT molecular complexity index is 948. The molecule has 4 N–H and O–H groups in total. The standard InChI is InChI=1S/C24H28N4/c1-15(2)18-7-5-17(6-8-18)13-21(22-23(25)27-14-28-24(22)26)20-11-9-19(10-12-20)16(3)4/h5-16H,1-4H3,(H4,25,26,27,28). The summed E-state index contributed by atoms with van der Waals surface area (Å²) in [5.74, 6) is 1.73. The molecule has 0 spiro atoms. The first kappa shape index (κ1) is 19.6. The Kier molecular flexibility index (Phi) is 5.78. The van der Waals surface area contributed by atoms with Gasteiger partial charge in [-0.2, -0.15) is 0 Å². The fourth-order valence-corrected chi connectivity index (χ4v) is 3.18. The van der Waals surface area contributed by atoms with Crippen LogP contribution < -0.4 is 11.5 Å². The van der Waals surface area contributed by atoms with E-state index >= 15 is 0 Å². The summed E-state index contributed by atoms with van der Waals surface area (Å²) in [6.45, 7) is 8.75. The van der Waals surface area contributed by atoms with Crippen molar-refractivity contribution in [3.05, 3.63) is 82.7 Å². The number of benzene rings is 2. The van der Waals surface area contributed by atoms with Gasteiger partial charge in [-0.25, -0.2) is 9.97 Å². The number of hydrogen-bond donors (Lipinski definition) is 2. The Balaban J connectivity index is 2.14. The van der Waals surface area contributed by atoms with Crippen LogP contribution in [0.4, 0.5) is 11.6 Å². The molecule has 28 heavy (non-hydrogen) atoms. The van der Waals surface area contributed by atoms with E-state index in [2.05, 4.69) is 92.3 Å². The van der Waals surface area contributed by atoms with Gasteiger partial charge < -0.3 is 11.5 Å². The molecule has 0 saturated carbocycles. The zero-order chi connectivity index (χ0) is 20.3. The Morgan fingerprint density at radius 2 is 1.21 bits per heavy atom. The highest BCUT2D eigenvalue weighted by atomic mass is 15.0. The van der Waals surface area contributed by atoms with Crippen LogP contribution in [-0.2, 0) is 0 Å². The van der Waals surface area contributed by atoms with Gasteiger partial charge in [0.25, 0.3) is 0 Å². The van der Waals surface area contributed by atoms with E-state index in [0.717, 1.165) is 16.7 Å². The van der Waals surface area contributed by atoms with Crippen molar-refractivity contribution in [1.82, 2.24) is 9.97 Å². The molecule has 0 aliphatic heterocycles. The molecule has 0 atom stereocenters. The predicted molar refractivity (Wildman–Crippen MR) is 119 cm³/mol. The van der Waals surface area contributed by atoms with Gasteiger partial charge in [0.2, 0.25) is 0 Å². The quantitative estimate of drug-likeness (QED) is 0.582. The molecule has 0 bridgehead atoms. The number of aromatic nitrogens is 2. The molecule has 0 amide bonds. The van der Waals surface area contributed by atoms with Crippen LogP contribution in [0, 0.1) is 0 Å². The second-order valence-electron chi connectivity index (χ2n) is 7.68. The maximum absolute atomic E-state index is 6.18. The molecule has 2 aromatic carbocycles. The van der Waals surface area contributed by atoms with Crippen LogP contribution in [0.25, 0.3) is 11.6 Å². The molecular formula is C24H28N4. The van der Waals surface area contributed by atoms with E-state index in [4.69, 9.17) is 11.5 Å². The van der Waals surface area contributed by atoms with E-state index in [-0.39, 0.29) is 0 Å². The minimum Gasteiger partial charge on any atom is -0.383 e. The molecule has 1 heterocycles. The molecule has 3 aromatic rings. The highest BCUT2D eigenvalue weighted by Crippen LogP contribution is 2.33. The Hall–Kier alpha value is -3.14. The van der Waals surface area contributed by atoms with E-state index in [1.807, 2.05) is 0 Å². The summed E-state index contributed by atoms with van der Waals surface area (Å²) in [6, 6.07) is 17.1. The first-order chi connectivity index (χ1) is 13.4. The van der Waals surface area contributed by atoms with Crippen molar-refractivity contribution in [1.29, 1.82) is 0 Å². The summed E-state index contributed by atoms with van der Waals surface area (Å²) in [7, 11) is 0. The van der Waals surface area contributed by atoms with E-state index in [1.165, 1.54) is 17.5 Å². The zero-order valence-corrected chi connectivity index (χ0v) is 17.0. The van der Waals surface area contributed by atoms with Crippen molar-refractivity contribution in [2.45, 2.75) is 39.5 Å². The average Bonchev–Trinajstić information content (AvgIpc) is 2.67. The van der Waals surface area contributed by atoms with Gasteiger partial charge in [0.1, 0.15) is 18.0 Å². The molecule has 4 nitrogen and oxygen atoms in total. The summed E-state index contributed by atoms with van der Waals surface area (Å²) in [5, 5.41) is 0. The van der Waals surface area contributed by atoms with Crippen molar-refractivity contribution >= 4 is 23.3 Å². The second-order valence-corrected chi connectivity index (χ2v) is 7.68.